The Labute approximate surface area is 141 Å². The summed E-state index contributed by atoms with van der Waals surface area (Å²) in [4.78, 5) is 23.4. The minimum Gasteiger partial charge on any atom is -0.383 e. The molecule has 1 unspecified atom stereocenters. The molecule has 0 fully saturated rings. The molecule has 2 amide bonds. The number of hydrogen-bond donors (Lipinski definition) is 4. The van der Waals surface area contributed by atoms with Crippen molar-refractivity contribution in [2.75, 3.05) is 31.1 Å². The first kappa shape index (κ1) is 21.6. The van der Waals surface area contributed by atoms with Gasteiger partial charge in [-0.15, -0.1) is 0 Å². The van der Waals surface area contributed by atoms with Crippen LogP contribution in [0.1, 0.15) is 33.6 Å². The minimum absolute atomic E-state index is 0.103. The average Bonchev–Trinajstić information content (AvgIpc) is 2.49. The van der Waals surface area contributed by atoms with E-state index >= 15 is 0 Å². The molecule has 5 N–H and O–H groups in total. The molecule has 0 saturated carbocycles. The second kappa shape index (κ2) is 12.0. The van der Waals surface area contributed by atoms with Gasteiger partial charge in [-0.1, -0.05) is 42.4 Å². The van der Waals surface area contributed by atoms with Crippen LogP contribution in [0.3, 0.4) is 0 Å². The first-order valence-corrected chi connectivity index (χ1v) is 10.0. The maximum atomic E-state index is 11.8. The lowest BCUT2D eigenvalue weighted by molar-refractivity contribution is -0.135. The van der Waals surface area contributed by atoms with Gasteiger partial charge >= 0.3 is 0 Å². The van der Waals surface area contributed by atoms with Crippen LogP contribution in [0.15, 0.2) is 0 Å². The van der Waals surface area contributed by atoms with Gasteiger partial charge in [-0.25, -0.2) is 0 Å². The summed E-state index contributed by atoms with van der Waals surface area (Å²) >= 11 is 0. The quantitative estimate of drug-likeness (QED) is 0.305. The van der Waals surface area contributed by atoms with Gasteiger partial charge in [0.25, 0.3) is 0 Å². The molecule has 0 bridgehead atoms. The van der Waals surface area contributed by atoms with Gasteiger partial charge < -0.3 is 21.5 Å². The summed E-state index contributed by atoms with van der Waals surface area (Å²) in [6, 6.07) is 0. The van der Waals surface area contributed by atoms with E-state index in [9.17, 15) is 14.7 Å². The molecule has 0 heterocycles. The van der Waals surface area contributed by atoms with E-state index in [1.165, 1.54) is 0 Å². The largest absolute Gasteiger partial charge is 0.383 e. The van der Waals surface area contributed by atoms with Crippen molar-refractivity contribution >= 4 is 33.4 Å². The van der Waals surface area contributed by atoms with E-state index in [-0.39, 0.29) is 18.9 Å². The second-order valence-corrected chi connectivity index (χ2v) is 8.27. The summed E-state index contributed by atoms with van der Waals surface area (Å²) in [5, 5.41) is 15.3. The van der Waals surface area contributed by atoms with Gasteiger partial charge in [-0.3, -0.25) is 9.59 Å². The van der Waals surface area contributed by atoms with Crippen LogP contribution < -0.4 is 16.4 Å². The Balaban J connectivity index is 3.73. The molecule has 0 aliphatic rings. The van der Waals surface area contributed by atoms with Gasteiger partial charge in [0.15, 0.2) is 0 Å². The van der Waals surface area contributed by atoms with Gasteiger partial charge in [0.1, 0.15) is 6.10 Å². The van der Waals surface area contributed by atoms with Gasteiger partial charge in [0.2, 0.25) is 11.8 Å². The third-order valence-corrected chi connectivity index (χ3v) is 5.78. The van der Waals surface area contributed by atoms with Gasteiger partial charge in [-0.2, -0.15) is 0 Å². The standard InChI is InChI=1S/C14H29N3O3S2/c1-4-14(2,3)12(19)13(20)17-7-5-11(18)16-8-10-22-21-9-6-15/h12,19H,4-10,15H2,1-3H3,(H,16,18)(H,17,20). The van der Waals surface area contributed by atoms with Crippen molar-refractivity contribution < 1.29 is 14.7 Å². The van der Waals surface area contributed by atoms with Crippen LogP contribution in [0.2, 0.25) is 0 Å². The molecule has 22 heavy (non-hydrogen) atoms. The highest BCUT2D eigenvalue weighted by Crippen LogP contribution is 2.24. The van der Waals surface area contributed by atoms with Gasteiger partial charge in [0, 0.05) is 37.6 Å². The first-order chi connectivity index (χ1) is 10.3. The molecule has 130 valence electrons. The van der Waals surface area contributed by atoms with Crippen LogP contribution in [0, 0.1) is 5.41 Å². The van der Waals surface area contributed by atoms with Crippen molar-refractivity contribution in [2.24, 2.45) is 11.1 Å². The number of nitrogens with one attached hydrogen (secondary N) is 2. The Morgan fingerprint density at radius 1 is 1.18 bits per heavy atom. The lowest BCUT2D eigenvalue weighted by atomic mass is 9.83. The molecule has 0 radical (unpaired) electrons. The highest BCUT2D eigenvalue weighted by atomic mass is 33.1. The molecule has 0 aliphatic heterocycles. The van der Waals surface area contributed by atoms with Crippen molar-refractivity contribution in [2.45, 2.75) is 39.7 Å². The molecule has 0 aliphatic carbocycles. The van der Waals surface area contributed by atoms with Gasteiger partial charge in [-0.05, 0) is 11.8 Å². The Morgan fingerprint density at radius 2 is 1.82 bits per heavy atom. The smallest absolute Gasteiger partial charge is 0.249 e. The molecule has 0 aromatic heterocycles. The van der Waals surface area contributed by atoms with Crippen molar-refractivity contribution in [1.82, 2.24) is 10.6 Å². The Kier molecular flexibility index (Phi) is 11.8. The fourth-order valence-electron chi connectivity index (χ4n) is 1.43. The molecular weight excluding hydrogens is 322 g/mol. The van der Waals surface area contributed by atoms with Crippen molar-refractivity contribution in [3.05, 3.63) is 0 Å². The molecule has 0 aromatic rings. The number of aliphatic hydroxyl groups is 1. The van der Waals surface area contributed by atoms with E-state index < -0.39 is 17.4 Å². The predicted octanol–water partition coefficient (Wildman–Crippen LogP) is 0.746. The highest BCUT2D eigenvalue weighted by Gasteiger charge is 2.31. The van der Waals surface area contributed by atoms with Crippen molar-refractivity contribution in [3.63, 3.8) is 0 Å². The fraction of sp³-hybridized carbons (Fsp3) is 0.857. The topological polar surface area (TPSA) is 104 Å². The van der Waals surface area contributed by atoms with Crippen LogP contribution in [-0.4, -0.2) is 54.2 Å². The van der Waals surface area contributed by atoms with Crippen molar-refractivity contribution in [1.29, 1.82) is 0 Å². The molecular formula is C14H29N3O3S2. The van der Waals surface area contributed by atoms with E-state index in [1.54, 1.807) is 21.6 Å². The summed E-state index contributed by atoms with van der Waals surface area (Å²) in [6.07, 6.45) is -0.149. The van der Waals surface area contributed by atoms with E-state index in [0.29, 0.717) is 19.5 Å². The number of carbonyl (C=O) groups is 2. The Bertz CT molecular complexity index is 341. The lowest BCUT2D eigenvalue weighted by Gasteiger charge is -2.28. The number of carbonyl (C=O) groups excluding carboxylic acids is 2. The zero-order valence-corrected chi connectivity index (χ0v) is 15.3. The molecule has 6 nitrogen and oxygen atoms in total. The third-order valence-electron chi connectivity index (χ3n) is 3.34. The zero-order valence-electron chi connectivity index (χ0n) is 13.7. The van der Waals surface area contributed by atoms with E-state index in [1.807, 2.05) is 20.8 Å². The summed E-state index contributed by atoms with van der Waals surface area (Å²) in [7, 11) is 3.37. The molecule has 1 atom stereocenters. The normalized spacial score (nSPS) is 12.8. The molecule has 0 saturated heterocycles. The monoisotopic (exact) mass is 351 g/mol. The summed E-state index contributed by atoms with van der Waals surface area (Å²) < 4.78 is 0. The number of hydrogen-bond acceptors (Lipinski definition) is 6. The van der Waals surface area contributed by atoms with E-state index in [2.05, 4.69) is 10.6 Å². The van der Waals surface area contributed by atoms with Gasteiger partial charge in [0.05, 0.1) is 0 Å². The molecule has 8 heteroatoms. The van der Waals surface area contributed by atoms with E-state index in [0.717, 1.165) is 11.5 Å². The molecule has 0 spiro atoms. The first-order valence-electron chi connectivity index (χ1n) is 7.52. The molecule has 0 rings (SSSR count). The number of aliphatic hydroxyl groups excluding tert-OH is 1. The van der Waals surface area contributed by atoms with Crippen LogP contribution in [0.25, 0.3) is 0 Å². The lowest BCUT2D eigenvalue weighted by Crippen LogP contribution is -2.44. The highest BCUT2D eigenvalue weighted by molar-refractivity contribution is 8.76. The minimum atomic E-state index is -1.06. The maximum absolute atomic E-state index is 11.8. The van der Waals surface area contributed by atoms with E-state index in [4.69, 9.17) is 5.73 Å². The summed E-state index contributed by atoms with van der Waals surface area (Å²) in [6.45, 7) is 7.09. The predicted molar refractivity (Wildman–Crippen MR) is 94.7 cm³/mol. The Morgan fingerprint density at radius 3 is 2.41 bits per heavy atom. The maximum Gasteiger partial charge on any atom is 0.249 e. The van der Waals surface area contributed by atoms with Crippen LogP contribution in [0.5, 0.6) is 0 Å². The average molecular weight is 352 g/mol. The molecule has 0 aromatic carbocycles. The summed E-state index contributed by atoms with van der Waals surface area (Å²) in [5.41, 5.74) is 4.90. The van der Waals surface area contributed by atoms with Crippen LogP contribution in [0.4, 0.5) is 0 Å². The van der Waals surface area contributed by atoms with Crippen LogP contribution >= 0.6 is 21.6 Å². The van der Waals surface area contributed by atoms with Crippen molar-refractivity contribution in [3.8, 4) is 0 Å². The second-order valence-electron chi connectivity index (χ2n) is 5.57. The Hall–Kier alpha value is -0.440. The fourth-order valence-corrected chi connectivity index (χ4v) is 3.19. The number of amides is 2. The zero-order chi connectivity index (χ0) is 17.0. The SMILES string of the molecule is CCC(C)(C)C(O)C(=O)NCCC(=O)NCCSSCCN. The third kappa shape index (κ3) is 9.55. The number of nitrogens with two attached hydrogens (primary N) is 1. The number of rotatable bonds is 12. The van der Waals surface area contributed by atoms with Crippen LogP contribution in [-0.2, 0) is 9.59 Å². The summed E-state index contributed by atoms with van der Waals surface area (Å²) in [5.74, 6) is 1.20.